The lowest BCUT2D eigenvalue weighted by molar-refractivity contribution is -0.143. The molecular weight excluding hydrogens is 382 g/mol. The maximum absolute atomic E-state index is 11.4. The molecule has 3 aromatic heterocycles. The Hall–Kier alpha value is -2.71. The van der Waals surface area contributed by atoms with E-state index in [4.69, 9.17) is 16.3 Å². The first-order chi connectivity index (χ1) is 13.4. The minimum atomic E-state index is -0.866. The van der Waals surface area contributed by atoms with Crippen molar-refractivity contribution >= 4 is 34.4 Å². The Morgan fingerprint density at radius 1 is 1.43 bits per heavy atom. The molecule has 4 rings (SSSR count). The number of anilines is 1. The van der Waals surface area contributed by atoms with Crippen LogP contribution in [-0.2, 0) is 9.53 Å². The van der Waals surface area contributed by atoms with Crippen molar-refractivity contribution in [1.82, 2.24) is 19.9 Å². The Labute approximate surface area is 166 Å². The fourth-order valence-corrected chi connectivity index (χ4v) is 3.48. The largest absolute Gasteiger partial charge is 0.481 e. The van der Waals surface area contributed by atoms with Crippen molar-refractivity contribution in [2.24, 2.45) is 5.41 Å². The minimum absolute atomic E-state index is 0.0226. The topological polar surface area (TPSA) is 113 Å². The molecule has 1 saturated heterocycles. The molecule has 1 aliphatic heterocycles. The van der Waals surface area contributed by atoms with Gasteiger partial charge in [0.05, 0.1) is 24.7 Å². The molecule has 0 radical (unpaired) electrons. The van der Waals surface area contributed by atoms with E-state index in [9.17, 15) is 9.90 Å². The summed E-state index contributed by atoms with van der Waals surface area (Å²) in [6, 6.07) is 1.51. The lowest BCUT2D eigenvalue weighted by Crippen LogP contribution is -2.53. The molecule has 0 bridgehead atoms. The molecule has 3 aromatic rings. The number of carbonyl (C=O) groups is 1. The summed E-state index contributed by atoms with van der Waals surface area (Å²) >= 11 is 6.08. The van der Waals surface area contributed by atoms with E-state index < -0.39 is 5.97 Å². The molecule has 0 amide bonds. The van der Waals surface area contributed by atoms with Gasteiger partial charge in [-0.1, -0.05) is 18.5 Å². The van der Waals surface area contributed by atoms with Crippen molar-refractivity contribution in [2.45, 2.75) is 26.3 Å². The SMILES string of the molecule is Cc1cnc(-c2c[nH]c3ncc(Cl)cc23)nc1NC(CC(=O)O)C1(C)COC1. The average Bonchev–Trinajstić information content (AvgIpc) is 3.03. The second-order valence-corrected chi connectivity index (χ2v) is 7.86. The standard InChI is InChI=1S/C19H20ClN5O3/c1-10-5-21-18(13-7-23-17-12(13)3-11(20)6-22-17)25-16(10)24-14(4-15(26)27)19(2)8-28-9-19/h3,5-7,14H,4,8-9H2,1-2H3,(H,22,23)(H,26,27)(H,21,24,25). The highest BCUT2D eigenvalue weighted by Gasteiger charge is 2.42. The molecular formula is C19H20ClN5O3. The van der Waals surface area contributed by atoms with Crippen LogP contribution in [0.5, 0.6) is 0 Å². The van der Waals surface area contributed by atoms with E-state index >= 15 is 0 Å². The number of hydrogen-bond donors (Lipinski definition) is 3. The van der Waals surface area contributed by atoms with Crippen LogP contribution in [0.1, 0.15) is 18.9 Å². The molecule has 146 valence electrons. The van der Waals surface area contributed by atoms with Gasteiger partial charge in [-0.25, -0.2) is 15.0 Å². The normalized spacial score (nSPS) is 16.5. The predicted molar refractivity (Wildman–Crippen MR) is 105 cm³/mol. The lowest BCUT2D eigenvalue weighted by Gasteiger charge is -2.44. The summed E-state index contributed by atoms with van der Waals surface area (Å²) in [7, 11) is 0. The Kier molecular flexibility index (Phi) is 4.68. The number of aromatic amines is 1. The molecule has 0 aromatic carbocycles. The Bertz CT molecular complexity index is 1050. The zero-order chi connectivity index (χ0) is 19.9. The fraction of sp³-hybridized carbons (Fsp3) is 0.368. The maximum Gasteiger partial charge on any atom is 0.305 e. The number of hydrogen-bond acceptors (Lipinski definition) is 6. The highest BCUT2D eigenvalue weighted by atomic mass is 35.5. The van der Waals surface area contributed by atoms with Gasteiger partial charge >= 0.3 is 5.97 Å². The van der Waals surface area contributed by atoms with Gasteiger partial charge in [0.1, 0.15) is 11.5 Å². The number of nitrogens with one attached hydrogen (secondary N) is 2. The van der Waals surface area contributed by atoms with Crippen molar-refractivity contribution < 1.29 is 14.6 Å². The Balaban J connectivity index is 1.70. The van der Waals surface area contributed by atoms with Crippen LogP contribution < -0.4 is 5.32 Å². The summed E-state index contributed by atoms with van der Waals surface area (Å²) in [4.78, 5) is 27.8. The van der Waals surface area contributed by atoms with Gasteiger partial charge < -0.3 is 20.1 Å². The zero-order valence-electron chi connectivity index (χ0n) is 15.5. The monoisotopic (exact) mass is 401 g/mol. The van der Waals surface area contributed by atoms with Gasteiger partial charge in [0, 0.05) is 46.6 Å². The minimum Gasteiger partial charge on any atom is -0.481 e. The third-order valence-corrected chi connectivity index (χ3v) is 5.31. The molecule has 3 N–H and O–H groups in total. The van der Waals surface area contributed by atoms with Gasteiger partial charge in [-0.2, -0.15) is 0 Å². The smallest absolute Gasteiger partial charge is 0.305 e. The van der Waals surface area contributed by atoms with Crippen LogP contribution in [0, 0.1) is 12.3 Å². The Morgan fingerprint density at radius 2 is 2.21 bits per heavy atom. The molecule has 8 nitrogen and oxygen atoms in total. The average molecular weight is 402 g/mol. The van der Waals surface area contributed by atoms with Gasteiger partial charge in [0.2, 0.25) is 0 Å². The second-order valence-electron chi connectivity index (χ2n) is 7.42. The molecule has 0 saturated carbocycles. The van der Waals surface area contributed by atoms with Crippen LogP contribution in [0.3, 0.4) is 0 Å². The van der Waals surface area contributed by atoms with Crippen LogP contribution in [-0.4, -0.2) is 50.3 Å². The van der Waals surface area contributed by atoms with E-state index in [1.807, 2.05) is 19.9 Å². The van der Waals surface area contributed by atoms with Crippen LogP contribution in [0.4, 0.5) is 5.82 Å². The quantitative estimate of drug-likeness (QED) is 0.580. The van der Waals surface area contributed by atoms with E-state index in [1.165, 1.54) is 0 Å². The highest BCUT2D eigenvalue weighted by molar-refractivity contribution is 6.31. The molecule has 28 heavy (non-hydrogen) atoms. The molecule has 1 unspecified atom stereocenters. The van der Waals surface area contributed by atoms with E-state index in [1.54, 1.807) is 18.6 Å². The number of ether oxygens (including phenoxy) is 1. The van der Waals surface area contributed by atoms with Crippen molar-refractivity contribution in [3.05, 3.63) is 35.2 Å². The van der Waals surface area contributed by atoms with Gasteiger partial charge in [-0.3, -0.25) is 4.79 Å². The maximum atomic E-state index is 11.4. The van der Waals surface area contributed by atoms with Gasteiger partial charge in [-0.05, 0) is 13.0 Å². The number of pyridine rings is 1. The number of H-pyrrole nitrogens is 1. The fourth-order valence-electron chi connectivity index (χ4n) is 3.32. The van der Waals surface area contributed by atoms with E-state index in [-0.39, 0.29) is 17.9 Å². The molecule has 9 heteroatoms. The Morgan fingerprint density at radius 3 is 2.89 bits per heavy atom. The molecule has 4 heterocycles. The van der Waals surface area contributed by atoms with E-state index in [0.717, 1.165) is 16.5 Å². The summed E-state index contributed by atoms with van der Waals surface area (Å²) in [6.45, 7) is 4.93. The number of nitrogens with zero attached hydrogens (tertiary/aromatic N) is 3. The van der Waals surface area contributed by atoms with Gasteiger partial charge in [-0.15, -0.1) is 0 Å². The highest BCUT2D eigenvalue weighted by Crippen LogP contribution is 2.35. The molecule has 0 spiro atoms. The number of aliphatic carboxylic acids is 1. The summed E-state index contributed by atoms with van der Waals surface area (Å²) < 4.78 is 5.32. The number of aryl methyl sites for hydroxylation is 1. The van der Waals surface area contributed by atoms with Gasteiger partial charge in [0.15, 0.2) is 5.82 Å². The van der Waals surface area contributed by atoms with Crippen LogP contribution in [0.15, 0.2) is 24.7 Å². The van der Waals surface area contributed by atoms with Gasteiger partial charge in [0.25, 0.3) is 0 Å². The summed E-state index contributed by atoms with van der Waals surface area (Å²) in [5.41, 5.74) is 2.05. The lowest BCUT2D eigenvalue weighted by atomic mass is 9.78. The van der Waals surface area contributed by atoms with Crippen LogP contribution in [0.25, 0.3) is 22.4 Å². The number of fused-ring (bicyclic) bond motifs is 1. The number of aromatic nitrogens is 4. The third-order valence-electron chi connectivity index (χ3n) is 5.10. The van der Waals surface area contributed by atoms with Crippen molar-refractivity contribution in [2.75, 3.05) is 18.5 Å². The number of halogens is 1. The molecule has 1 fully saturated rings. The second kappa shape index (κ2) is 7.03. The summed E-state index contributed by atoms with van der Waals surface area (Å²) in [5, 5.41) is 14.0. The third kappa shape index (κ3) is 3.41. The first-order valence-corrected chi connectivity index (χ1v) is 9.26. The van der Waals surface area contributed by atoms with Crippen molar-refractivity contribution in [3.63, 3.8) is 0 Å². The molecule has 1 atom stereocenters. The van der Waals surface area contributed by atoms with Crippen LogP contribution >= 0.6 is 11.6 Å². The summed E-state index contributed by atoms with van der Waals surface area (Å²) in [6.07, 6.45) is 5.06. The van der Waals surface area contributed by atoms with Crippen molar-refractivity contribution in [3.8, 4) is 11.4 Å². The van der Waals surface area contributed by atoms with E-state index in [0.29, 0.717) is 35.5 Å². The predicted octanol–water partition coefficient (Wildman–Crippen LogP) is 3.27. The number of carboxylic acids is 1. The van der Waals surface area contributed by atoms with Crippen molar-refractivity contribution in [1.29, 1.82) is 0 Å². The molecule has 0 aliphatic carbocycles. The number of carboxylic acid groups (broad SMARTS) is 1. The van der Waals surface area contributed by atoms with E-state index in [2.05, 4.69) is 25.3 Å². The molecule has 1 aliphatic rings. The number of rotatable bonds is 6. The zero-order valence-corrected chi connectivity index (χ0v) is 16.2. The first kappa shape index (κ1) is 18.6. The summed E-state index contributed by atoms with van der Waals surface area (Å²) in [5.74, 6) is 0.246. The van der Waals surface area contributed by atoms with Crippen LogP contribution in [0.2, 0.25) is 5.02 Å². The first-order valence-electron chi connectivity index (χ1n) is 8.88.